The van der Waals surface area contributed by atoms with Crippen LogP contribution in [0.2, 0.25) is 0 Å². The summed E-state index contributed by atoms with van der Waals surface area (Å²) in [5.74, 6) is -0.754. The second kappa shape index (κ2) is 3.92. The summed E-state index contributed by atoms with van der Waals surface area (Å²) in [5, 5.41) is 8.74. The predicted molar refractivity (Wildman–Crippen MR) is 50.7 cm³/mol. The van der Waals surface area contributed by atoms with E-state index >= 15 is 0 Å². The Morgan fingerprint density at radius 1 is 1.58 bits per heavy atom. The number of carboxylic acids is 1. The first-order chi connectivity index (χ1) is 5.66. The lowest BCUT2D eigenvalue weighted by Crippen LogP contribution is -2.01. The van der Waals surface area contributed by atoms with Gasteiger partial charge in [-0.1, -0.05) is 22.0 Å². The van der Waals surface area contributed by atoms with Crippen LogP contribution in [-0.2, 0) is 5.88 Å². The number of carbonyl (C=O) groups is 1. The van der Waals surface area contributed by atoms with E-state index in [2.05, 4.69) is 15.9 Å². The highest BCUT2D eigenvalue weighted by Gasteiger charge is 2.10. The van der Waals surface area contributed by atoms with Crippen molar-refractivity contribution in [2.45, 2.75) is 5.88 Å². The van der Waals surface area contributed by atoms with Crippen molar-refractivity contribution in [1.82, 2.24) is 0 Å². The zero-order valence-electron chi connectivity index (χ0n) is 6.05. The van der Waals surface area contributed by atoms with Crippen molar-refractivity contribution in [2.24, 2.45) is 0 Å². The molecule has 0 heterocycles. The fourth-order valence-electron chi connectivity index (χ4n) is 0.895. The first-order valence-electron chi connectivity index (χ1n) is 3.23. The number of hydrogen-bond acceptors (Lipinski definition) is 1. The number of benzene rings is 1. The zero-order chi connectivity index (χ0) is 9.14. The molecule has 0 aliphatic rings. The van der Waals surface area contributed by atoms with Crippen LogP contribution in [0, 0.1) is 0 Å². The molecular formula is C8H6BrClO2. The molecule has 1 aromatic carbocycles. The molecule has 1 aromatic rings. The number of rotatable bonds is 2. The van der Waals surface area contributed by atoms with E-state index in [1.165, 1.54) is 6.07 Å². The average Bonchev–Trinajstić information content (AvgIpc) is 2.03. The molecule has 0 saturated carbocycles. The average molecular weight is 249 g/mol. The molecule has 12 heavy (non-hydrogen) atoms. The molecular weight excluding hydrogens is 243 g/mol. The maximum absolute atomic E-state index is 10.7. The van der Waals surface area contributed by atoms with E-state index in [0.717, 1.165) is 4.47 Å². The van der Waals surface area contributed by atoms with Gasteiger partial charge in [-0.3, -0.25) is 0 Å². The Morgan fingerprint density at radius 2 is 2.25 bits per heavy atom. The van der Waals surface area contributed by atoms with Crippen LogP contribution in [-0.4, -0.2) is 11.1 Å². The summed E-state index contributed by atoms with van der Waals surface area (Å²) in [5.41, 5.74) is 0.867. The summed E-state index contributed by atoms with van der Waals surface area (Å²) in [6.07, 6.45) is 0. The van der Waals surface area contributed by atoms with Crippen LogP contribution >= 0.6 is 27.5 Å². The Labute approximate surface area is 83.3 Å². The van der Waals surface area contributed by atoms with E-state index in [1.54, 1.807) is 12.1 Å². The quantitative estimate of drug-likeness (QED) is 0.818. The highest BCUT2D eigenvalue weighted by Crippen LogP contribution is 2.22. The Hall–Kier alpha value is -0.540. The van der Waals surface area contributed by atoms with Gasteiger partial charge in [0.05, 0.1) is 5.56 Å². The molecule has 2 nitrogen and oxygen atoms in total. The monoisotopic (exact) mass is 248 g/mol. The number of aromatic carboxylic acids is 1. The lowest BCUT2D eigenvalue weighted by molar-refractivity contribution is 0.0696. The summed E-state index contributed by atoms with van der Waals surface area (Å²) >= 11 is 8.82. The van der Waals surface area contributed by atoms with Crippen LogP contribution in [0.4, 0.5) is 0 Å². The van der Waals surface area contributed by atoms with Gasteiger partial charge < -0.3 is 5.11 Å². The highest BCUT2D eigenvalue weighted by atomic mass is 79.9. The van der Waals surface area contributed by atoms with Crippen molar-refractivity contribution in [1.29, 1.82) is 0 Å². The Kier molecular flexibility index (Phi) is 3.12. The molecule has 4 heteroatoms. The standard InChI is InChI=1S/C8H6BrClO2/c9-7-3-1-2-5(8(11)12)6(7)4-10/h1-3H,4H2,(H,11,12). The molecule has 0 unspecified atom stereocenters. The molecule has 0 amide bonds. The first kappa shape index (κ1) is 9.55. The molecule has 0 fully saturated rings. The summed E-state index contributed by atoms with van der Waals surface area (Å²) in [7, 11) is 0. The molecule has 64 valence electrons. The maximum atomic E-state index is 10.7. The molecule has 0 aliphatic carbocycles. The van der Waals surface area contributed by atoms with Crippen molar-refractivity contribution >= 4 is 33.5 Å². The molecule has 0 bridgehead atoms. The summed E-state index contributed by atoms with van der Waals surface area (Å²) in [6, 6.07) is 4.97. The molecule has 0 atom stereocenters. The number of carboxylic acid groups (broad SMARTS) is 1. The van der Waals surface area contributed by atoms with Gasteiger partial charge in [0.2, 0.25) is 0 Å². The fourth-order valence-corrected chi connectivity index (χ4v) is 1.85. The van der Waals surface area contributed by atoms with Crippen LogP contribution in [0.15, 0.2) is 22.7 Å². The van der Waals surface area contributed by atoms with Gasteiger partial charge in [-0.05, 0) is 17.7 Å². The minimum Gasteiger partial charge on any atom is -0.478 e. The van der Waals surface area contributed by atoms with Crippen molar-refractivity contribution in [3.05, 3.63) is 33.8 Å². The summed E-state index contributed by atoms with van der Waals surface area (Å²) < 4.78 is 0.734. The van der Waals surface area contributed by atoms with Crippen molar-refractivity contribution in [2.75, 3.05) is 0 Å². The van der Waals surface area contributed by atoms with E-state index in [-0.39, 0.29) is 11.4 Å². The zero-order valence-corrected chi connectivity index (χ0v) is 8.39. The molecule has 1 N–H and O–H groups in total. The Morgan fingerprint density at radius 3 is 2.67 bits per heavy atom. The largest absolute Gasteiger partial charge is 0.478 e. The van der Waals surface area contributed by atoms with Crippen LogP contribution in [0.3, 0.4) is 0 Å². The molecule has 0 radical (unpaired) electrons. The van der Waals surface area contributed by atoms with Gasteiger partial charge in [0.15, 0.2) is 0 Å². The van der Waals surface area contributed by atoms with Crippen LogP contribution in [0.5, 0.6) is 0 Å². The third-order valence-corrected chi connectivity index (χ3v) is 2.49. The van der Waals surface area contributed by atoms with Crippen LogP contribution in [0.25, 0.3) is 0 Å². The van der Waals surface area contributed by atoms with Gasteiger partial charge >= 0.3 is 5.97 Å². The minimum absolute atomic E-state index is 0.197. The van der Waals surface area contributed by atoms with Gasteiger partial charge in [0.25, 0.3) is 0 Å². The molecule has 0 saturated heterocycles. The second-order valence-electron chi connectivity index (χ2n) is 2.20. The van der Waals surface area contributed by atoms with Gasteiger partial charge in [-0.15, -0.1) is 11.6 Å². The number of hydrogen-bond donors (Lipinski definition) is 1. The Balaban J connectivity index is 3.27. The highest BCUT2D eigenvalue weighted by molar-refractivity contribution is 9.10. The van der Waals surface area contributed by atoms with Crippen molar-refractivity contribution < 1.29 is 9.90 Å². The van der Waals surface area contributed by atoms with E-state index in [9.17, 15) is 4.79 Å². The lowest BCUT2D eigenvalue weighted by Gasteiger charge is -2.03. The van der Waals surface area contributed by atoms with Crippen LogP contribution in [0.1, 0.15) is 15.9 Å². The van der Waals surface area contributed by atoms with E-state index in [1.807, 2.05) is 0 Å². The van der Waals surface area contributed by atoms with Gasteiger partial charge in [0, 0.05) is 10.4 Å². The predicted octanol–water partition coefficient (Wildman–Crippen LogP) is 2.89. The summed E-state index contributed by atoms with van der Waals surface area (Å²) in [4.78, 5) is 10.7. The Bertz CT molecular complexity index is 312. The first-order valence-corrected chi connectivity index (χ1v) is 4.56. The molecule has 0 aliphatic heterocycles. The normalized spacial score (nSPS) is 9.83. The maximum Gasteiger partial charge on any atom is 0.336 e. The lowest BCUT2D eigenvalue weighted by atomic mass is 10.1. The smallest absolute Gasteiger partial charge is 0.336 e. The fraction of sp³-hybridized carbons (Fsp3) is 0.125. The third-order valence-electron chi connectivity index (χ3n) is 1.48. The van der Waals surface area contributed by atoms with Crippen molar-refractivity contribution in [3.8, 4) is 0 Å². The third kappa shape index (κ3) is 1.79. The molecule has 1 rings (SSSR count). The number of alkyl halides is 1. The van der Waals surface area contributed by atoms with Gasteiger partial charge in [0.1, 0.15) is 0 Å². The second-order valence-corrected chi connectivity index (χ2v) is 3.33. The summed E-state index contributed by atoms with van der Waals surface area (Å²) in [6.45, 7) is 0. The SMILES string of the molecule is O=C(O)c1cccc(Br)c1CCl. The van der Waals surface area contributed by atoms with E-state index < -0.39 is 5.97 Å². The number of halogens is 2. The van der Waals surface area contributed by atoms with Crippen LogP contribution < -0.4 is 0 Å². The topological polar surface area (TPSA) is 37.3 Å². The van der Waals surface area contributed by atoms with E-state index in [4.69, 9.17) is 16.7 Å². The molecule has 0 aromatic heterocycles. The van der Waals surface area contributed by atoms with Crippen molar-refractivity contribution in [3.63, 3.8) is 0 Å². The van der Waals surface area contributed by atoms with Gasteiger partial charge in [-0.2, -0.15) is 0 Å². The molecule has 0 spiro atoms. The van der Waals surface area contributed by atoms with Gasteiger partial charge in [-0.25, -0.2) is 4.79 Å². The minimum atomic E-state index is -0.952. The van der Waals surface area contributed by atoms with E-state index in [0.29, 0.717) is 5.56 Å².